The van der Waals surface area contributed by atoms with E-state index in [0.29, 0.717) is 24.3 Å². The van der Waals surface area contributed by atoms with Crippen molar-refractivity contribution in [2.45, 2.75) is 25.9 Å². The van der Waals surface area contributed by atoms with E-state index in [9.17, 15) is 5.11 Å². The average Bonchev–Trinajstić information content (AvgIpc) is 2.77. The van der Waals surface area contributed by atoms with E-state index in [0.717, 1.165) is 10.0 Å². The first-order valence-electron chi connectivity index (χ1n) is 5.39. The summed E-state index contributed by atoms with van der Waals surface area (Å²) in [6.45, 7) is 2.03. The predicted octanol–water partition coefficient (Wildman–Crippen LogP) is 3.01. The first-order valence-corrected chi connectivity index (χ1v) is 6.18. The van der Waals surface area contributed by atoms with E-state index in [1.807, 2.05) is 12.1 Å². The van der Waals surface area contributed by atoms with Crippen LogP contribution in [-0.2, 0) is 0 Å². The van der Waals surface area contributed by atoms with Crippen molar-refractivity contribution in [3.63, 3.8) is 0 Å². The van der Waals surface area contributed by atoms with E-state index in [1.165, 1.54) is 0 Å². The SMILES string of the molecule is CC#CCCC(O)c1cc(Br)c2c(c1)OCO2. The Morgan fingerprint density at radius 1 is 1.47 bits per heavy atom. The molecule has 0 bridgehead atoms. The molecule has 0 amide bonds. The number of rotatable bonds is 3. The standard InChI is InChI=1S/C13H13BrO3/c1-2-3-4-5-11(15)9-6-10(14)13-12(7-9)16-8-17-13/h6-7,11,15H,4-5,8H2,1H3. The molecule has 0 aliphatic carbocycles. The van der Waals surface area contributed by atoms with Crippen molar-refractivity contribution in [3.05, 3.63) is 22.2 Å². The maximum Gasteiger partial charge on any atom is 0.231 e. The van der Waals surface area contributed by atoms with Gasteiger partial charge in [-0.05, 0) is 47.0 Å². The molecule has 1 heterocycles. The number of aliphatic hydroxyl groups excluding tert-OH is 1. The van der Waals surface area contributed by atoms with Crippen LogP contribution in [0, 0.1) is 11.8 Å². The van der Waals surface area contributed by atoms with Gasteiger partial charge in [0.15, 0.2) is 11.5 Å². The van der Waals surface area contributed by atoms with E-state index in [4.69, 9.17) is 9.47 Å². The van der Waals surface area contributed by atoms with Gasteiger partial charge in [0.05, 0.1) is 10.6 Å². The van der Waals surface area contributed by atoms with Crippen molar-refractivity contribution < 1.29 is 14.6 Å². The van der Waals surface area contributed by atoms with Gasteiger partial charge in [-0.1, -0.05) is 0 Å². The van der Waals surface area contributed by atoms with Crippen molar-refractivity contribution >= 4 is 15.9 Å². The summed E-state index contributed by atoms with van der Waals surface area (Å²) in [4.78, 5) is 0. The zero-order valence-electron chi connectivity index (χ0n) is 9.50. The van der Waals surface area contributed by atoms with E-state index in [-0.39, 0.29) is 6.79 Å². The highest BCUT2D eigenvalue weighted by atomic mass is 79.9. The topological polar surface area (TPSA) is 38.7 Å². The van der Waals surface area contributed by atoms with Crippen molar-refractivity contribution in [1.82, 2.24) is 0 Å². The minimum atomic E-state index is -0.526. The molecule has 1 aromatic rings. The van der Waals surface area contributed by atoms with E-state index < -0.39 is 6.10 Å². The molecule has 1 aliphatic heterocycles. The minimum absolute atomic E-state index is 0.231. The number of benzene rings is 1. The molecule has 0 radical (unpaired) electrons. The van der Waals surface area contributed by atoms with Crippen molar-refractivity contribution in [2.24, 2.45) is 0 Å². The second-order valence-corrected chi connectivity index (χ2v) is 4.57. The zero-order chi connectivity index (χ0) is 12.3. The van der Waals surface area contributed by atoms with E-state index >= 15 is 0 Å². The van der Waals surface area contributed by atoms with Crippen LogP contribution in [0.15, 0.2) is 16.6 Å². The highest BCUT2D eigenvalue weighted by Crippen LogP contribution is 2.41. The molecule has 1 atom stereocenters. The molecular formula is C13H13BrO3. The van der Waals surface area contributed by atoms with Gasteiger partial charge in [0, 0.05) is 6.42 Å². The van der Waals surface area contributed by atoms with Gasteiger partial charge in [-0.15, -0.1) is 11.8 Å². The summed E-state index contributed by atoms with van der Waals surface area (Å²) in [7, 11) is 0. The van der Waals surface area contributed by atoms with E-state index in [2.05, 4.69) is 27.8 Å². The van der Waals surface area contributed by atoms with Crippen LogP contribution in [0.25, 0.3) is 0 Å². The molecule has 1 unspecified atom stereocenters. The normalized spacial score (nSPS) is 14.1. The summed E-state index contributed by atoms with van der Waals surface area (Å²) >= 11 is 3.40. The van der Waals surface area contributed by atoms with Crippen LogP contribution in [0.3, 0.4) is 0 Å². The quantitative estimate of drug-likeness (QED) is 0.872. The van der Waals surface area contributed by atoms with Gasteiger partial charge in [0.1, 0.15) is 0 Å². The number of halogens is 1. The van der Waals surface area contributed by atoms with Gasteiger partial charge >= 0.3 is 0 Å². The Balaban J connectivity index is 2.15. The number of hydrogen-bond acceptors (Lipinski definition) is 3. The fraction of sp³-hybridized carbons (Fsp3) is 0.385. The van der Waals surface area contributed by atoms with Crippen LogP contribution in [0.5, 0.6) is 11.5 Å². The maximum absolute atomic E-state index is 10.0. The van der Waals surface area contributed by atoms with Crippen molar-refractivity contribution in [1.29, 1.82) is 0 Å². The number of fused-ring (bicyclic) bond motifs is 1. The van der Waals surface area contributed by atoms with Crippen LogP contribution in [0.1, 0.15) is 31.4 Å². The van der Waals surface area contributed by atoms with Gasteiger partial charge in [-0.3, -0.25) is 0 Å². The van der Waals surface area contributed by atoms with Gasteiger partial charge < -0.3 is 14.6 Å². The molecule has 1 aliphatic rings. The molecule has 0 aromatic heterocycles. The molecule has 0 spiro atoms. The van der Waals surface area contributed by atoms with Crippen LogP contribution < -0.4 is 9.47 Å². The van der Waals surface area contributed by atoms with Gasteiger partial charge in [0.25, 0.3) is 0 Å². The monoisotopic (exact) mass is 296 g/mol. The van der Waals surface area contributed by atoms with Gasteiger partial charge in [-0.2, -0.15) is 0 Å². The summed E-state index contributed by atoms with van der Waals surface area (Å²) in [6, 6.07) is 3.68. The Morgan fingerprint density at radius 3 is 3.06 bits per heavy atom. The lowest BCUT2D eigenvalue weighted by atomic mass is 10.0. The summed E-state index contributed by atoms with van der Waals surface area (Å²) in [5.74, 6) is 7.13. The first-order chi connectivity index (χ1) is 8.22. The molecule has 3 nitrogen and oxygen atoms in total. The minimum Gasteiger partial charge on any atom is -0.454 e. The Bertz CT molecular complexity index is 474. The molecule has 0 saturated carbocycles. The van der Waals surface area contributed by atoms with Crippen molar-refractivity contribution in [3.8, 4) is 23.3 Å². The number of ether oxygens (including phenoxy) is 2. The third kappa shape index (κ3) is 2.74. The highest BCUT2D eigenvalue weighted by Gasteiger charge is 2.20. The molecule has 0 fully saturated rings. The second-order valence-electron chi connectivity index (χ2n) is 3.72. The maximum atomic E-state index is 10.0. The lowest BCUT2D eigenvalue weighted by molar-refractivity contribution is 0.167. The molecule has 1 aromatic carbocycles. The zero-order valence-corrected chi connectivity index (χ0v) is 11.1. The molecule has 1 N–H and O–H groups in total. The van der Waals surface area contributed by atoms with Crippen molar-refractivity contribution in [2.75, 3.05) is 6.79 Å². The summed E-state index contributed by atoms with van der Waals surface area (Å²) in [5.41, 5.74) is 0.819. The predicted molar refractivity (Wildman–Crippen MR) is 67.9 cm³/mol. The fourth-order valence-corrected chi connectivity index (χ4v) is 2.25. The molecular weight excluding hydrogens is 284 g/mol. The lowest BCUT2D eigenvalue weighted by Gasteiger charge is -2.11. The average molecular weight is 297 g/mol. The van der Waals surface area contributed by atoms with Crippen LogP contribution >= 0.6 is 15.9 Å². The van der Waals surface area contributed by atoms with Crippen LogP contribution in [0.4, 0.5) is 0 Å². The third-order valence-corrected chi connectivity index (χ3v) is 3.14. The Labute approximate surface area is 109 Å². The van der Waals surface area contributed by atoms with Crippen LogP contribution in [0.2, 0.25) is 0 Å². The molecule has 90 valence electrons. The van der Waals surface area contributed by atoms with Gasteiger partial charge in [0.2, 0.25) is 6.79 Å². The first kappa shape index (κ1) is 12.3. The summed E-state index contributed by atoms with van der Waals surface area (Å²) in [6.07, 6.45) is 0.776. The summed E-state index contributed by atoms with van der Waals surface area (Å²) in [5, 5.41) is 10.0. The third-order valence-electron chi connectivity index (χ3n) is 2.55. The smallest absolute Gasteiger partial charge is 0.231 e. The van der Waals surface area contributed by atoms with E-state index in [1.54, 1.807) is 6.92 Å². The Hall–Kier alpha value is -1.18. The number of hydrogen-bond donors (Lipinski definition) is 1. The van der Waals surface area contributed by atoms with Crippen LogP contribution in [-0.4, -0.2) is 11.9 Å². The highest BCUT2D eigenvalue weighted by molar-refractivity contribution is 9.10. The number of aliphatic hydroxyl groups is 1. The molecule has 17 heavy (non-hydrogen) atoms. The molecule has 2 rings (SSSR count). The fourth-order valence-electron chi connectivity index (χ4n) is 1.68. The second kappa shape index (κ2) is 5.44. The largest absolute Gasteiger partial charge is 0.454 e. The van der Waals surface area contributed by atoms with Gasteiger partial charge in [-0.25, -0.2) is 0 Å². The Morgan fingerprint density at radius 2 is 2.29 bits per heavy atom. The molecule has 4 heteroatoms. The summed E-state index contributed by atoms with van der Waals surface area (Å²) < 4.78 is 11.4. The Kier molecular flexibility index (Phi) is 3.93. The lowest BCUT2D eigenvalue weighted by Crippen LogP contribution is -1.97. The molecule has 0 saturated heterocycles.